The van der Waals surface area contributed by atoms with Crippen molar-refractivity contribution in [3.8, 4) is 11.5 Å². The lowest BCUT2D eigenvalue weighted by atomic mass is 10.1. The third kappa shape index (κ3) is 3.35. The first kappa shape index (κ1) is 13.8. The Hall–Kier alpha value is -2.30. The van der Waals surface area contributed by atoms with Crippen LogP contribution in [0, 0.1) is 0 Å². The predicted octanol–water partition coefficient (Wildman–Crippen LogP) is 1.40. The van der Waals surface area contributed by atoms with Crippen molar-refractivity contribution in [1.82, 2.24) is 0 Å². The maximum absolute atomic E-state index is 11.0. The fourth-order valence-corrected chi connectivity index (χ4v) is 1.46. The molecule has 0 bridgehead atoms. The monoisotopic (exact) mass is 249 g/mol. The van der Waals surface area contributed by atoms with Gasteiger partial charge in [0.1, 0.15) is 0 Å². The molecule has 5 heteroatoms. The van der Waals surface area contributed by atoms with Gasteiger partial charge in [-0.3, -0.25) is 9.59 Å². The third-order valence-electron chi connectivity index (χ3n) is 2.33. The second-order valence-electron chi connectivity index (χ2n) is 3.53. The number of carbonyl (C=O) groups excluding carboxylic acids is 2. The zero-order valence-corrected chi connectivity index (χ0v) is 10.3. The molecule has 0 unspecified atom stereocenters. The molecule has 1 rings (SSSR count). The Morgan fingerprint density at radius 2 is 1.78 bits per heavy atom. The van der Waals surface area contributed by atoms with Crippen LogP contribution in [0.3, 0.4) is 0 Å². The number of amides is 1. The van der Waals surface area contributed by atoms with E-state index in [1.807, 2.05) is 0 Å². The standard InChI is InChI=1S/C13H15NO4/c1-17-11-6-9(4-3-5-13(14)16)10(8-15)7-12(11)18-2/h3-4,6-8H,5H2,1-2H3,(H2,14,16). The van der Waals surface area contributed by atoms with Crippen LogP contribution in [0.2, 0.25) is 0 Å². The molecule has 0 fully saturated rings. The Bertz CT molecular complexity index is 480. The van der Waals surface area contributed by atoms with Gasteiger partial charge in [0, 0.05) is 12.0 Å². The van der Waals surface area contributed by atoms with E-state index in [-0.39, 0.29) is 6.42 Å². The van der Waals surface area contributed by atoms with E-state index in [2.05, 4.69) is 0 Å². The molecule has 96 valence electrons. The molecule has 0 aliphatic heterocycles. The van der Waals surface area contributed by atoms with Gasteiger partial charge in [-0.1, -0.05) is 12.2 Å². The van der Waals surface area contributed by atoms with Crippen LogP contribution in [0.4, 0.5) is 0 Å². The smallest absolute Gasteiger partial charge is 0.221 e. The van der Waals surface area contributed by atoms with Gasteiger partial charge in [0.2, 0.25) is 5.91 Å². The fraction of sp³-hybridized carbons (Fsp3) is 0.231. The number of nitrogens with two attached hydrogens (primary N) is 1. The molecule has 0 atom stereocenters. The van der Waals surface area contributed by atoms with Crippen molar-refractivity contribution < 1.29 is 19.1 Å². The zero-order chi connectivity index (χ0) is 13.5. The number of rotatable bonds is 6. The van der Waals surface area contributed by atoms with Gasteiger partial charge in [-0.2, -0.15) is 0 Å². The van der Waals surface area contributed by atoms with Crippen molar-refractivity contribution in [3.05, 3.63) is 29.3 Å². The largest absolute Gasteiger partial charge is 0.493 e. The number of primary amides is 1. The first-order chi connectivity index (χ1) is 8.62. The number of benzene rings is 1. The van der Waals surface area contributed by atoms with Crippen LogP contribution in [0.15, 0.2) is 18.2 Å². The maximum Gasteiger partial charge on any atom is 0.221 e. The molecule has 0 saturated carbocycles. The van der Waals surface area contributed by atoms with Crippen molar-refractivity contribution in [2.45, 2.75) is 6.42 Å². The van der Waals surface area contributed by atoms with Gasteiger partial charge in [-0.25, -0.2) is 0 Å². The average molecular weight is 249 g/mol. The van der Waals surface area contributed by atoms with Crippen LogP contribution in [-0.2, 0) is 4.79 Å². The minimum atomic E-state index is -0.431. The summed E-state index contributed by atoms with van der Waals surface area (Å²) in [5, 5.41) is 0. The van der Waals surface area contributed by atoms with Crippen molar-refractivity contribution in [2.24, 2.45) is 5.73 Å². The molecule has 0 spiro atoms. The molecule has 1 amide bonds. The minimum Gasteiger partial charge on any atom is -0.493 e. The summed E-state index contributed by atoms with van der Waals surface area (Å²) in [5.74, 6) is 0.563. The number of methoxy groups -OCH3 is 2. The maximum atomic E-state index is 11.0. The number of hydrogen-bond acceptors (Lipinski definition) is 4. The van der Waals surface area contributed by atoms with E-state index in [1.165, 1.54) is 14.2 Å². The highest BCUT2D eigenvalue weighted by Crippen LogP contribution is 2.30. The molecule has 0 aromatic heterocycles. The van der Waals surface area contributed by atoms with Crippen LogP contribution in [-0.4, -0.2) is 26.4 Å². The predicted molar refractivity (Wildman–Crippen MR) is 67.8 cm³/mol. The SMILES string of the molecule is COc1cc(C=O)c(C=CCC(N)=O)cc1OC. The van der Waals surface area contributed by atoms with Crippen LogP contribution in [0.1, 0.15) is 22.3 Å². The van der Waals surface area contributed by atoms with E-state index in [0.29, 0.717) is 28.9 Å². The van der Waals surface area contributed by atoms with Gasteiger partial charge in [-0.15, -0.1) is 0 Å². The van der Waals surface area contributed by atoms with Crippen LogP contribution in [0.5, 0.6) is 11.5 Å². The number of ether oxygens (including phenoxy) is 2. The number of hydrogen-bond donors (Lipinski definition) is 1. The molecule has 18 heavy (non-hydrogen) atoms. The van der Waals surface area contributed by atoms with E-state index >= 15 is 0 Å². The molecule has 0 radical (unpaired) electrons. The number of carbonyl (C=O) groups is 2. The summed E-state index contributed by atoms with van der Waals surface area (Å²) < 4.78 is 10.2. The first-order valence-electron chi connectivity index (χ1n) is 5.28. The van der Waals surface area contributed by atoms with Gasteiger partial charge in [0.25, 0.3) is 0 Å². The normalized spacial score (nSPS) is 10.3. The van der Waals surface area contributed by atoms with Gasteiger partial charge in [0.15, 0.2) is 17.8 Å². The highest BCUT2D eigenvalue weighted by atomic mass is 16.5. The van der Waals surface area contributed by atoms with Crippen LogP contribution < -0.4 is 15.2 Å². The molecule has 0 aliphatic rings. The molecule has 0 aliphatic carbocycles. The minimum absolute atomic E-state index is 0.118. The summed E-state index contributed by atoms with van der Waals surface area (Å²) >= 11 is 0. The van der Waals surface area contributed by atoms with Crippen LogP contribution >= 0.6 is 0 Å². The first-order valence-corrected chi connectivity index (χ1v) is 5.28. The molecule has 0 saturated heterocycles. The lowest BCUT2D eigenvalue weighted by molar-refractivity contribution is -0.117. The molecule has 1 aromatic rings. The van der Waals surface area contributed by atoms with Crippen molar-refractivity contribution in [1.29, 1.82) is 0 Å². The summed E-state index contributed by atoms with van der Waals surface area (Å²) in [6.45, 7) is 0. The van der Waals surface area contributed by atoms with E-state index < -0.39 is 5.91 Å². The highest BCUT2D eigenvalue weighted by molar-refractivity contribution is 5.84. The van der Waals surface area contributed by atoms with Crippen molar-refractivity contribution in [3.63, 3.8) is 0 Å². The van der Waals surface area contributed by atoms with Crippen molar-refractivity contribution >= 4 is 18.3 Å². The van der Waals surface area contributed by atoms with E-state index in [0.717, 1.165) is 0 Å². The van der Waals surface area contributed by atoms with Gasteiger partial charge in [-0.05, 0) is 17.7 Å². The van der Waals surface area contributed by atoms with Crippen LogP contribution in [0.25, 0.3) is 6.08 Å². The topological polar surface area (TPSA) is 78.6 Å². The van der Waals surface area contributed by atoms with E-state index in [9.17, 15) is 9.59 Å². The summed E-state index contributed by atoms with van der Waals surface area (Å²) in [6.07, 6.45) is 4.07. The Labute approximate surface area is 105 Å². The molecule has 1 aromatic carbocycles. The Kier molecular flexibility index (Phi) is 4.92. The van der Waals surface area contributed by atoms with E-state index in [1.54, 1.807) is 24.3 Å². The summed E-state index contributed by atoms with van der Waals surface area (Å²) in [7, 11) is 3.00. The molecular formula is C13H15NO4. The van der Waals surface area contributed by atoms with Crippen molar-refractivity contribution in [2.75, 3.05) is 14.2 Å². The van der Waals surface area contributed by atoms with Gasteiger partial charge < -0.3 is 15.2 Å². The molecule has 2 N–H and O–H groups in total. The molecular weight excluding hydrogens is 234 g/mol. The lowest BCUT2D eigenvalue weighted by Gasteiger charge is -2.10. The van der Waals surface area contributed by atoms with Gasteiger partial charge in [0.05, 0.1) is 14.2 Å². The second-order valence-corrected chi connectivity index (χ2v) is 3.53. The second kappa shape index (κ2) is 6.44. The Morgan fingerprint density at radius 3 is 2.22 bits per heavy atom. The van der Waals surface area contributed by atoms with E-state index in [4.69, 9.17) is 15.2 Å². The fourth-order valence-electron chi connectivity index (χ4n) is 1.46. The molecule has 0 heterocycles. The lowest BCUT2D eigenvalue weighted by Crippen LogP contribution is -2.07. The Balaban J connectivity index is 3.13. The van der Waals surface area contributed by atoms with Gasteiger partial charge >= 0.3 is 0 Å². The molecule has 5 nitrogen and oxygen atoms in total. The summed E-state index contributed by atoms with van der Waals surface area (Å²) in [5.41, 5.74) is 6.12. The Morgan fingerprint density at radius 1 is 1.22 bits per heavy atom. The quantitative estimate of drug-likeness (QED) is 0.773. The highest BCUT2D eigenvalue weighted by Gasteiger charge is 2.08. The zero-order valence-electron chi connectivity index (χ0n) is 10.3. The number of aldehydes is 1. The summed E-state index contributed by atoms with van der Waals surface area (Å²) in [6, 6.07) is 3.25. The average Bonchev–Trinajstić information content (AvgIpc) is 2.37. The summed E-state index contributed by atoms with van der Waals surface area (Å²) in [4.78, 5) is 21.6. The third-order valence-corrected chi connectivity index (χ3v) is 2.33.